The highest BCUT2D eigenvalue weighted by atomic mass is 19.4. The van der Waals surface area contributed by atoms with Crippen LogP contribution >= 0.6 is 0 Å². The molecule has 2 amide bonds. The molecule has 3 heterocycles. The molecule has 1 aliphatic heterocycles. The molecule has 0 saturated carbocycles. The number of hydrogen-bond donors (Lipinski definition) is 2. The Kier molecular flexibility index (Phi) is 5.56. The van der Waals surface area contributed by atoms with Crippen LogP contribution in [0.5, 0.6) is 5.75 Å². The number of carbonyl (C=O) groups is 1. The second-order valence-corrected chi connectivity index (χ2v) is 7.15. The number of aromatic hydroxyl groups is 1. The van der Waals surface area contributed by atoms with E-state index in [0.717, 1.165) is 17.7 Å². The van der Waals surface area contributed by atoms with Crippen LogP contribution in [-0.2, 0) is 6.18 Å². The fourth-order valence-electron chi connectivity index (χ4n) is 3.24. The topological polar surface area (TPSA) is 104 Å². The highest BCUT2D eigenvalue weighted by molar-refractivity contribution is 5.90. The molecule has 1 aromatic carbocycles. The zero-order chi connectivity index (χ0) is 22.9. The Bertz CT molecular complexity index is 1170. The number of nitrogens with zero attached hydrogens (tertiary/aromatic N) is 4. The number of aryl methyl sites for hydroxylation is 1. The van der Waals surface area contributed by atoms with Crippen molar-refractivity contribution in [2.75, 3.05) is 18.4 Å². The fourth-order valence-corrected chi connectivity index (χ4v) is 3.24. The smallest absolute Gasteiger partial charge is 0.416 e. The van der Waals surface area contributed by atoms with E-state index in [0.29, 0.717) is 30.1 Å². The summed E-state index contributed by atoms with van der Waals surface area (Å²) in [5.41, 5.74) is 1.14. The normalized spacial score (nSPS) is 14.2. The molecule has 2 aromatic heterocycles. The van der Waals surface area contributed by atoms with Gasteiger partial charge >= 0.3 is 12.2 Å². The fraction of sp³-hybridized carbons (Fsp3) is 0.238. The first kappa shape index (κ1) is 21.3. The minimum atomic E-state index is -4.43. The van der Waals surface area contributed by atoms with Crippen molar-refractivity contribution in [3.63, 3.8) is 0 Å². The minimum Gasteiger partial charge on any atom is -0.506 e. The molecule has 1 aliphatic rings. The molecule has 2 N–H and O–H groups in total. The largest absolute Gasteiger partial charge is 0.506 e. The Labute approximate surface area is 180 Å². The lowest BCUT2D eigenvalue weighted by Gasteiger charge is -2.26. The molecular formula is C21H18F3N5O3. The maximum Gasteiger partial charge on any atom is 0.416 e. The molecule has 0 aliphatic carbocycles. The van der Waals surface area contributed by atoms with Crippen molar-refractivity contribution < 1.29 is 27.5 Å². The zero-order valence-electron chi connectivity index (χ0n) is 16.8. The average Bonchev–Trinajstić information content (AvgIpc) is 3.20. The predicted octanol–water partition coefficient (Wildman–Crippen LogP) is 4.49. The maximum atomic E-state index is 12.7. The van der Waals surface area contributed by atoms with E-state index >= 15 is 0 Å². The van der Waals surface area contributed by atoms with Crippen LogP contribution in [0.1, 0.15) is 23.6 Å². The number of carbonyl (C=O) groups excluding carboxylic acids is 1. The van der Waals surface area contributed by atoms with E-state index in [1.165, 1.54) is 29.3 Å². The third-order valence-corrected chi connectivity index (χ3v) is 4.90. The number of hydrogen-bond acceptors (Lipinski definition) is 6. The van der Waals surface area contributed by atoms with E-state index < -0.39 is 17.8 Å². The monoisotopic (exact) mass is 445 g/mol. The summed E-state index contributed by atoms with van der Waals surface area (Å²) in [6.07, 6.45) is -0.695. The number of alkyl halides is 3. The first-order valence-electron chi connectivity index (χ1n) is 9.63. The lowest BCUT2D eigenvalue weighted by molar-refractivity contribution is -0.137. The van der Waals surface area contributed by atoms with Crippen LogP contribution < -0.4 is 5.32 Å². The molecule has 4 rings (SSSR count). The van der Waals surface area contributed by atoms with E-state index in [9.17, 15) is 23.1 Å². The highest BCUT2D eigenvalue weighted by Crippen LogP contribution is 2.32. The predicted molar refractivity (Wildman–Crippen MR) is 109 cm³/mol. The van der Waals surface area contributed by atoms with Gasteiger partial charge in [0.05, 0.1) is 11.1 Å². The minimum absolute atomic E-state index is 0.0488. The lowest BCUT2D eigenvalue weighted by Crippen LogP contribution is -2.37. The van der Waals surface area contributed by atoms with Gasteiger partial charge < -0.3 is 19.7 Å². The quantitative estimate of drug-likeness (QED) is 0.616. The van der Waals surface area contributed by atoms with Crippen molar-refractivity contribution in [1.29, 1.82) is 0 Å². The van der Waals surface area contributed by atoms with Gasteiger partial charge in [0.25, 0.3) is 0 Å². The van der Waals surface area contributed by atoms with Gasteiger partial charge in [0.15, 0.2) is 0 Å². The van der Waals surface area contributed by atoms with E-state index in [4.69, 9.17) is 4.42 Å². The standard InChI is InChI=1S/C21H18F3N5O3/c1-12-27-28-19(32-12)14-10-17(30)18(25-11-14)13-6-8-29(9-7-13)20(31)26-16-4-2-15(3-5-16)21(22,23)24/h2-6,10-11,30H,7-9H2,1H3,(H,26,31). The van der Waals surface area contributed by atoms with Gasteiger partial charge in [-0.25, -0.2) is 4.79 Å². The Hall–Kier alpha value is -3.89. The number of urea groups is 1. The zero-order valence-corrected chi connectivity index (χ0v) is 16.8. The summed E-state index contributed by atoms with van der Waals surface area (Å²) in [6, 6.07) is 5.30. The van der Waals surface area contributed by atoms with Crippen LogP contribution in [0, 0.1) is 6.92 Å². The molecule has 8 nitrogen and oxygen atoms in total. The first-order valence-corrected chi connectivity index (χ1v) is 9.63. The van der Waals surface area contributed by atoms with Crippen LogP contribution in [0.2, 0.25) is 0 Å². The first-order chi connectivity index (χ1) is 15.2. The van der Waals surface area contributed by atoms with E-state index in [-0.39, 0.29) is 23.9 Å². The van der Waals surface area contributed by atoms with Gasteiger partial charge in [-0.05, 0) is 42.3 Å². The van der Waals surface area contributed by atoms with Gasteiger partial charge in [-0.2, -0.15) is 13.2 Å². The van der Waals surface area contributed by atoms with Crippen molar-refractivity contribution in [1.82, 2.24) is 20.1 Å². The molecule has 166 valence electrons. The van der Waals surface area contributed by atoms with Gasteiger partial charge in [-0.1, -0.05) is 6.08 Å². The number of halogens is 3. The number of aromatic nitrogens is 3. The van der Waals surface area contributed by atoms with Gasteiger partial charge in [0.2, 0.25) is 11.8 Å². The highest BCUT2D eigenvalue weighted by Gasteiger charge is 2.30. The molecule has 0 spiro atoms. The molecule has 11 heteroatoms. The number of amides is 2. The summed E-state index contributed by atoms with van der Waals surface area (Å²) >= 11 is 0. The summed E-state index contributed by atoms with van der Waals surface area (Å²) in [7, 11) is 0. The number of pyridine rings is 1. The van der Waals surface area contributed by atoms with Crippen molar-refractivity contribution in [3.05, 3.63) is 59.8 Å². The van der Waals surface area contributed by atoms with E-state index in [1.807, 2.05) is 0 Å². The van der Waals surface area contributed by atoms with Gasteiger partial charge in [-0.15, -0.1) is 10.2 Å². The Balaban J connectivity index is 1.40. The van der Waals surface area contributed by atoms with Gasteiger partial charge in [-0.3, -0.25) is 4.98 Å². The lowest BCUT2D eigenvalue weighted by atomic mass is 10.0. The van der Waals surface area contributed by atoms with E-state index in [1.54, 1.807) is 13.0 Å². The second kappa shape index (κ2) is 8.33. The number of anilines is 1. The summed E-state index contributed by atoms with van der Waals surface area (Å²) in [4.78, 5) is 18.2. The Morgan fingerprint density at radius 1 is 1.22 bits per heavy atom. The molecule has 3 aromatic rings. The SMILES string of the molecule is Cc1nnc(-c2cnc(C3=CCN(C(=O)Nc4ccc(C(F)(F)F)cc4)CC3)c(O)c2)o1. The van der Waals surface area contributed by atoms with Crippen LogP contribution in [0.15, 0.2) is 47.0 Å². The molecule has 0 bridgehead atoms. The van der Waals surface area contributed by atoms with Crippen LogP contribution in [0.4, 0.5) is 23.7 Å². The molecular weight excluding hydrogens is 427 g/mol. The summed E-state index contributed by atoms with van der Waals surface area (Å²) in [6.45, 7) is 2.27. The van der Waals surface area contributed by atoms with Crippen molar-refractivity contribution in [3.8, 4) is 17.2 Å². The van der Waals surface area contributed by atoms with Crippen molar-refractivity contribution >= 4 is 17.3 Å². The van der Waals surface area contributed by atoms with Crippen molar-refractivity contribution in [2.24, 2.45) is 0 Å². The Morgan fingerprint density at radius 3 is 2.53 bits per heavy atom. The third kappa shape index (κ3) is 4.56. The van der Waals surface area contributed by atoms with Crippen LogP contribution in [0.3, 0.4) is 0 Å². The molecule has 0 fully saturated rings. The molecule has 32 heavy (non-hydrogen) atoms. The summed E-state index contributed by atoms with van der Waals surface area (Å²) in [5, 5.41) is 20.6. The number of benzene rings is 1. The number of rotatable bonds is 3. The molecule has 0 saturated heterocycles. The summed E-state index contributed by atoms with van der Waals surface area (Å²) in [5.74, 6) is 0.598. The van der Waals surface area contributed by atoms with E-state index in [2.05, 4.69) is 20.5 Å². The van der Waals surface area contributed by atoms with Crippen LogP contribution in [-0.4, -0.2) is 44.3 Å². The maximum absolute atomic E-state index is 12.7. The third-order valence-electron chi connectivity index (χ3n) is 4.90. The van der Waals surface area contributed by atoms with Gasteiger partial charge in [0.1, 0.15) is 11.4 Å². The molecule has 0 atom stereocenters. The van der Waals surface area contributed by atoms with Crippen molar-refractivity contribution in [2.45, 2.75) is 19.5 Å². The Morgan fingerprint density at radius 2 is 1.97 bits per heavy atom. The van der Waals surface area contributed by atoms with Gasteiger partial charge in [0, 0.05) is 31.9 Å². The van der Waals surface area contributed by atoms with Crippen LogP contribution in [0.25, 0.3) is 17.0 Å². The summed E-state index contributed by atoms with van der Waals surface area (Å²) < 4.78 is 43.3. The molecule has 0 radical (unpaired) electrons. The molecule has 0 unspecified atom stereocenters. The second-order valence-electron chi connectivity index (χ2n) is 7.15. The average molecular weight is 445 g/mol. The number of nitrogens with one attached hydrogen (secondary N) is 1.